The van der Waals surface area contributed by atoms with Crippen molar-refractivity contribution in [3.8, 4) is 0 Å². The molecule has 0 saturated heterocycles. The molecule has 9 heteroatoms. The number of rotatable bonds is 20. The molecule has 0 aliphatic carbocycles. The van der Waals surface area contributed by atoms with Crippen molar-refractivity contribution in [1.82, 2.24) is 0 Å². The standard InChI is InChI=1S/C24H38O4Si5/c1-13-29(14-2,15-3)25-31(19-7,20-8)27-33(23-11,24-12)28-32(21-9,22-10)26-30(16-4,17-5)18-6/h13-17,19-24H,1-5,7-12,18H2,6H3. The summed E-state index contributed by atoms with van der Waals surface area (Å²) < 4.78 is 26.4. The molecule has 0 amide bonds. The fourth-order valence-electron chi connectivity index (χ4n) is 2.79. The molecule has 0 unspecified atom stereocenters. The average molecular weight is 531 g/mol. The second-order valence-electron chi connectivity index (χ2n) is 6.98. The van der Waals surface area contributed by atoms with Gasteiger partial charge in [0.25, 0.3) is 8.32 Å². The van der Waals surface area contributed by atoms with Crippen molar-refractivity contribution in [2.24, 2.45) is 0 Å². The fourth-order valence-corrected chi connectivity index (χ4v) is 21.0. The molecule has 0 atom stereocenters. The van der Waals surface area contributed by atoms with Crippen molar-refractivity contribution in [3.63, 3.8) is 0 Å². The van der Waals surface area contributed by atoms with Crippen molar-refractivity contribution in [3.05, 3.63) is 135 Å². The summed E-state index contributed by atoms with van der Waals surface area (Å²) in [6, 6.07) is 0.727. The SMILES string of the molecule is C=C[Si](C=C)(C=C)O[Si](C=C)(C=C)O[Si](C=C)(C=C)O[Si](C=C)(C=C)O[Si](C=C)(C=C)CC. The number of hydrogen-bond donors (Lipinski definition) is 0. The predicted molar refractivity (Wildman–Crippen MR) is 156 cm³/mol. The van der Waals surface area contributed by atoms with Gasteiger partial charge >= 0.3 is 25.7 Å². The molecule has 0 aromatic heterocycles. The summed E-state index contributed by atoms with van der Waals surface area (Å²) in [7, 11) is -15.2. The van der Waals surface area contributed by atoms with Gasteiger partial charge in [-0.2, -0.15) is 0 Å². The van der Waals surface area contributed by atoms with E-state index in [0.29, 0.717) is 0 Å². The zero-order valence-electron chi connectivity index (χ0n) is 20.0. The van der Waals surface area contributed by atoms with Crippen LogP contribution in [0.2, 0.25) is 6.04 Å². The van der Waals surface area contributed by atoms with Crippen LogP contribution in [0, 0.1) is 0 Å². The van der Waals surface area contributed by atoms with Crippen LogP contribution in [0.25, 0.3) is 0 Å². The maximum absolute atomic E-state index is 6.66. The topological polar surface area (TPSA) is 36.9 Å². The zero-order valence-corrected chi connectivity index (χ0v) is 25.0. The van der Waals surface area contributed by atoms with E-state index in [-0.39, 0.29) is 0 Å². The summed E-state index contributed by atoms with van der Waals surface area (Å²) in [6.45, 7) is 45.5. The molecule has 33 heavy (non-hydrogen) atoms. The molecule has 0 aliphatic rings. The summed E-state index contributed by atoms with van der Waals surface area (Å²) >= 11 is 0. The number of hydrogen-bond acceptors (Lipinski definition) is 4. The molecule has 0 radical (unpaired) electrons. The van der Waals surface area contributed by atoms with Crippen LogP contribution in [-0.4, -0.2) is 42.3 Å². The molecule has 0 aromatic rings. The molecule has 0 saturated carbocycles. The fraction of sp³-hybridized carbons (Fsp3) is 0.0833. The summed E-state index contributed by atoms with van der Waals surface area (Å²) in [5.74, 6) is 0. The Balaban J connectivity index is 6.63. The summed E-state index contributed by atoms with van der Waals surface area (Å²) in [6.07, 6.45) is 0. The highest BCUT2D eigenvalue weighted by Gasteiger charge is 2.52. The first-order valence-corrected chi connectivity index (χ1v) is 20.7. The first kappa shape index (κ1) is 31.1. The van der Waals surface area contributed by atoms with Crippen LogP contribution in [0.15, 0.2) is 135 Å². The monoisotopic (exact) mass is 530 g/mol. The van der Waals surface area contributed by atoms with Gasteiger partial charge in [-0.1, -0.05) is 35.4 Å². The van der Waals surface area contributed by atoms with Crippen molar-refractivity contribution in [1.29, 1.82) is 0 Å². The Morgan fingerprint density at radius 2 is 0.727 bits per heavy atom. The quantitative estimate of drug-likeness (QED) is 0.174. The minimum Gasteiger partial charge on any atom is -0.423 e. The minimum atomic E-state index is -3.39. The smallest absolute Gasteiger partial charge is 0.374 e. The molecule has 0 spiro atoms. The molecule has 0 aliphatic heterocycles. The van der Waals surface area contributed by atoms with E-state index in [1.807, 2.05) is 18.3 Å². The van der Waals surface area contributed by atoms with Crippen molar-refractivity contribution >= 4 is 42.3 Å². The highest BCUT2D eigenvalue weighted by molar-refractivity contribution is 7.02. The average Bonchev–Trinajstić information content (AvgIpc) is 2.89. The highest BCUT2D eigenvalue weighted by atomic mass is 28.5. The van der Waals surface area contributed by atoms with Gasteiger partial charge < -0.3 is 16.5 Å². The molecule has 0 bridgehead atoms. The Morgan fingerprint density at radius 3 is 0.970 bits per heavy atom. The van der Waals surface area contributed by atoms with Gasteiger partial charge in [-0.15, -0.1) is 72.4 Å². The van der Waals surface area contributed by atoms with Gasteiger partial charge in [0.2, 0.25) is 8.32 Å². The lowest BCUT2D eigenvalue weighted by atomic mass is 11.0. The van der Waals surface area contributed by atoms with Crippen LogP contribution in [0.5, 0.6) is 0 Å². The molecule has 0 rings (SSSR count). The van der Waals surface area contributed by atoms with Gasteiger partial charge in [-0.25, -0.2) is 0 Å². The molecule has 0 aromatic carbocycles. The van der Waals surface area contributed by atoms with E-state index in [9.17, 15) is 0 Å². The molecule has 4 nitrogen and oxygen atoms in total. The minimum absolute atomic E-state index is 0.727. The molecule has 178 valence electrons. The van der Waals surface area contributed by atoms with Crippen LogP contribution >= 0.6 is 0 Å². The highest BCUT2D eigenvalue weighted by Crippen LogP contribution is 2.31. The van der Waals surface area contributed by atoms with Gasteiger partial charge in [-0.3, -0.25) is 0 Å². The molecule has 0 heterocycles. The second kappa shape index (κ2) is 13.1. The van der Waals surface area contributed by atoms with Crippen LogP contribution in [-0.2, 0) is 16.5 Å². The van der Waals surface area contributed by atoms with Gasteiger partial charge in [0, 0.05) is 0 Å². The van der Waals surface area contributed by atoms with E-state index < -0.39 is 42.3 Å². The van der Waals surface area contributed by atoms with Crippen LogP contribution < -0.4 is 0 Å². The third kappa shape index (κ3) is 7.02. The van der Waals surface area contributed by atoms with E-state index in [0.717, 1.165) is 6.04 Å². The van der Waals surface area contributed by atoms with Gasteiger partial charge in [0.1, 0.15) is 0 Å². The summed E-state index contributed by atoms with van der Waals surface area (Å²) in [5, 5.41) is 0. The Labute approximate surface area is 206 Å². The summed E-state index contributed by atoms with van der Waals surface area (Å²) in [5.41, 5.74) is 18.6. The summed E-state index contributed by atoms with van der Waals surface area (Å²) in [4.78, 5) is 0. The van der Waals surface area contributed by atoms with Crippen LogP contribution in [0.1, 0.15) is 6.92 Å². The largest absolute Gasteiger partial charge is 0.423 e. The lowest BCUT2D eigenvalue weighted by Gasteiger charge is -2.42. The van der Waals surface area contributed by atoms with Gasteiger partial charge in [0.05, 0.1) is 0 Å². The Morgan fingerprint density at radius 1 is 0.424 bits per heavy atom. The second-order valence-corrected chi connectivity index (χ2v) is 23.4. The third-order valence-corrected chi connectivity index (χ3v) is 23.6. The van der Waals surface area contributed by atoms with E-state index >= 15 is 0 Å². The Bertz CT molecular complexity index is 779. The Hall–Kier alpha value is -1.94. The Kier molecular flexibility index (Phi) is 12.3. The normalized spacial score (nSPS) is 12.5. The first-order valence-electron chi connectivity index (χ1n) is 10.4. The van der Waals surface area contributed by atoms with E-state index in [1.165, 1.54) is 0 Å². The third-order valence-electron chi connectivity index (χ3n) is 5.23. The lowest BCUT2D eigenvalue weighted by Crippen LogP contribution is -2.62. The maximum Gasteiger partial charge on any atom is 0.374 e. The van der Waals surface area contributed by atoms with E-state index in [1.54, 1.807) is 51.3 Å². The van der Waals surface area contributed by atoms with Crippen LogP contribution in [0.4, 0.5) is 0 Å². The van der Waals surface area contributed by atoms with Crippen molar-refractivity contribution in [2.75, 3.05) is 0 Å². The van der Waals surface area contributed by atoms with Gasteiger partial charge in [0.15, 0.2) is 0 Å². The predicted octanol–water partition coefficient (Wildman–Crippen LogP) is 6.27. The molecular formula is C24H38O4Si5. The van der Waals surface area contributed by atoms with Gasteiger partial charge in [-0.05, 0) is 40.2 Å². The van der Waals surface area contributed by atoms with E-state index in [4.69, 9.17) is 16.5 Å². The molecular weight excluding hydrogens is 493 g/mol. The maximum atomic E-state index is 6.66. The molecule has 0 fully saturated rings. The van der Waals surface area contributed by atoms with E-state index in [2.05, 4.69) is 72.4 Å². The van der Waals surface area contributed by atoms with Crippen molar-refractivity contribution < 1.29 is 16.5 Å². The molecule has 0 N–H and O–H groups in total. The lowest BCUT2D eigenvalue weighted by molar-refractivity contribution is 0.324. The van der Waals surface area contributed by atoms with Crippen molar-refractivity contribution in [2.45, 2.75) is 13.0 Å². The van der Waals surface area contributed by atoms with Crippen LogP contribution in [0.3, 0.4) is 0 Å². The first-order chi connectivity index (χ1) is 15.6. The zero-order chi connectivity index (χ0) is 25.8.